The van der Waals surface area contributed by atoms with E-state index < -0.39 is 11.5 Å². The van der Waals surface area contributed by atoms with Crippen molar-refractivity contribution in [3.8, 4) is 0 Å². The summed E-state index contributed by atoms with van der Waals surface area (Å²) < 4.78 is 4.57. The molecule has 0 radical (unpaired) electrons. The van der Waals surface area contributed by atoms with E-state index in [2.05, 4.69) is 10.1 Å². The minimum Gasteiger partial charge on any atom is -0.453 e. The summed E-state index contributed by atoms with van der Waals surface area (Å²) in [5.74, 6) is 0.0893. The number of anilines is 2. The number of nitrogens with zero attached hydrogens (tertiary/aromatic N) is 1. The van der Waals surface area contributed by atoms with E-state index in [1.165, 1.54) is 7.11 Å². The first-order chi connectivity index (χ1) is 9.32. The Labute approximate surface area is 118 Å². The van der Waals surface area contributed by atoms with Crippen molar-refractivity contribution in [1.82, 2.24) is 0 Å². The largest absolute Gasteiger partial charge is 0.453 e. The molecule has 0 aliphatic carbocycles. The molecule has 0 fully saturated rings. The highest BCUT2D eigenvalue weighted by Crippen LogP contribution is 2.33. The molecule has 108 valence electrons. The number of benzene rings is 1. The third-order valence-corrected chi connectivity index (χ3v) is 3.30. The van der Waals surface area contributed by atoms with E-state index in [-0.39, 0.29) is 5.91 Å². The van der Waals surface area contributed by atoms with Gasteiger partial charge in [-0.2, -0.15) is 0 Å². The summed E-state index contributed by atoms with van der Waals surface area (Å²) >= 11 is 0. The van der Waals surface area contributed by atoms with Gasteiger partial charge in [-0.3, -0.25) is 10.1 Å². The molecule has 0 saturated carbocycles. The number of rotatable bonds is 1. The van der Waals surface area contributed by atoms with Crippen LogP contribution in [0.15, 0.2) is 18.2 Å². The number of carbonyl (C=O) groups is 2. The van der Waals surface area contributed by atoms with Crippen molar-refractivity contribution in [2.75, 3.05) is 23.9 Å². The predicted octanol–water partition coefficient (Wildman–Crippen LogP) is 2.80. The first-order valence-corrected chi connectivity index (χ1v) is 6.63. The second kappa shape index (κ2) is 5.15. The van der Waals surface area contributed by atoms with Gasteiger partial charge in [-0.15, -0.1) is 0 Å². The van der Waals surface area contributed by atoms with Crippen molar-refractivity contribution < 1.29 is 14.3 Å². The molecular weight excluding hydrogens is 256 g/mol. The lowest BCUT2D eigenvalue weighted by Crippen LogP contribution is -2.38. The summed E-state index contributed by atoms with van der Waals surface area (Å²) in [6.45, 7) is 6.41. The molecular formula is C15H20N2O3. The van der Waals surface area contributed by atoms with Gasteiger partial charge in [-0.05, 0) is 24.1 Å². The molecule has 1 aromatic rings. The zero-order chi connectivity index (χ0) is 14.9. The Morgan fingerprint density at radius 2 is 2.00 bits per heavy atom. The van der Waals surface area contributed by atoms with E-state index in [1.807, 2.05) is 39.0 Å². The average molecular weight is 276 g/mol. The van der Waals surface area contributed by atoms with E-state index in [0.717, 1.165) is 17.7 Å². The predicted molar refractivity (Wildman–Crippen MR) is 78.0 cm³/mol. The van der Waals surface area contributed by atoms with Crippen molar-refractivity contribution in [2.45, 2.75) is 27.2 Å². The number of carbonyl (C=O) groups excluding carboxylic acids is 2. The lowest BCUT2D eigenvalue weighted by atomic mass is 9.94. The molecule has 5 heteroatoms. The van der Waals surface area contributed by atoms with Gasteiger partial charge in [0.1, 0.15) is 0 Å². The van der Waals surface area contributed by atoms with Crippen LogP contribution >= 0.6 is 0 Å². The second-order valence-corrected chi connectivity index (χ2v) is 5.92. The lowest BCUT2D eigenvalue weighted by Gasteiger charge is -2.26. The summed E-state index contributed by atoms with van der Waals surface area (Å²) in [7, 11) is 1.32. The van der Waals surface area contributed by atoms with Crippen LogP contribution in [0.4, 0.5) is 16.2 Å². The highest BCUT2D eigenvalue weighted by Gasteiger charge is 2.32. The Bertz CT molecular complexity index is 547. The standard InChI is InChI=1S/C15H20N2O3/c1-15(2,3)13(18)17-8-7-10-5-6-11(9-12(10)17)16-14(19)20-4/h5-6,9H,7-8H2,1-4H3,(H,16,19). The quantitative estimate of drug-likeness (QED) is 0.858. The van der Waals surface area contributed by atoms with Crippen LogP contribution in [-0.2, 0) is 16.0 Å². The van der Waals surface area contributed by atoms with Gasteiger partial charge in [-0.25, -0.2) is 4.79 Å². The van der Waals surface area contributed by atoms with Gasteiger partial charge in [0.05, 0.1) is 7.11 Å². The second-order valence-electron chi connectivity index (χ2n) is 5.92. The number of methoxy groups -OCH3 is 1. The molecule has 1 aromatic carbocycles. The Morgan fingerprint density at radius 3 is 2.60 bits per heavy atom. The summed E-state index contributed by atoms with van der Waals surface area (Å²) in [5, 5.41) is 2.62. The zero-order valence-corrected chi connectivity index (χ0v) is 12.3. The molecule has 5 nitrogen and oxygen atoms in total. The third kappa shape index (κ3) is 2.76. The molecule has 20 heavy (non-hydrogen) atoms. The molecule has 1 N–H and O–H groups in total. The summed E-state index contributed by atoms with van der Waals surface area (Å²) in [6.07, 6.45) is 0.326. The van der Waals surface area contributed by atoms with Crippen LogP contribution in [-0.4, -0.2) is 25.7 Å². The summed E-state index contributed by atoms with van der Waals surface area (Å²) in [6, 6.07) is 5.58. The van der Waals surface area contributed by atoms with Crippen LogP contribution in [0, 0.1) is 5.41 Å². The van der Waals surface area contributed by atoms with Gasteiger partial charge in [0.25, 0.3) is 0 Å². The highest BCUT2D eigenvalue weighted by atomic mass is 16.5. The highest BCUT2D eigenvalue weighted by molar-refractivity contribution is 5.99. The maximum Gasteiger partial charge on any atom is 0.411 e. The summed E-state index contributed by atoms with van der Waals surface area (Å²) in [4.78, 5) is 25.5. The van der Waals surface area contributed by atoms with Crippen LogP contribution < -0.4 is 10.2 Å². The van der Waals surface area contributed by atoms with Crippen LogP contribution in [0.1, 0.15) is 26.3 Å². The van der Waals surface area contributed by atoms with Gasteiger partial charge in [0.2, 0.25) is 5.91 Å². The number of hydrogen-bond donors (Lipinski definition) is 1. The van der Waals surface area contributed by atoms with Crippen molar-refractivity contribution in [1.29, 1.82) is 0 Å². The van der Waals surface area contributed by atoms with Crippen molar-refractivity contribution >= 4 is 23.4 Å². The first-order valence-electron chi connectivity index (χ1n) is 6.63. The van der Waals surface area contributed by atoms with E-state index in [4.69, 9.17) is 0 Å². The number of nitrogens with one attached hydrogen (secondary N) is 1. The Balaban J connectivity index is 2.28. The molecule has 0 aromatic heterocycles. The molecule has 0 spiro atoms. The van der Waals surface area contributed by atoms with Crippen LogP contribution in [0.25, 0.3) is 0 Å². The van der Waals surface area contributed by atoms with E-state index in [0.29, 0.717) is 12.2 Å². The minimum absolute atomic E-state index is 0.0893. The number of hydrogen-bond acceptors (Lipinski definition) is 3. The monoisotopic (exact) mass is 276 g/mol. The van der Waals surface area contributed by atoms with Crippen LogP contribution in [0.5, 0.6) is 0 Å². The Hall–Kier alpha value is -2.04. The number of fused-ring (bicyclic) bond motifs is 1. The van der Waals surface area contributed by atoms with E-state index in [1.54, 1.807) is 4.90 Å². The molecule has 0 unspecified atom stereocenters. The van der Waals surface area contributed by atoms with Crippen molar-refractivity contribution in [3.05, 3.63) is 23.8 Å². The number of ether oxygens (including phenoxy) is 1. The van der Waals surface area contributed by atoms with E-state index in [9.17, 15) is 9.59 Å². The normalized spacial score (nSPS) is 13.9. The Kier molecular flexibility index (Phi) is 3.70. The fourth-order valence-corrected chi connectivity index (χ4v) is 2.24. The molecule has 2 amide bonds. The molecule has 1 aliphatic rings. The van der Waals surface area contributed by atoms with Crippen molar-refractivity contribution in [2.24, 2.45) is 5.41 Å². The Morgan fingerprint density at radius 1 is 1.30 bits per heavy atom. The van der Waals surface area contributed by atoms with Gasteiger partial charge >= 0.3 is 6.09 Å². The topological polar surface area (TPSA) is 58.6 Å². The average Bonchev–Trinajstić information content (AvgIpc) is 2.79. The molecule has 1 heterocycles. The fraction of sp³-hybridized carbons (Fsp3) is 0.467. The molecule has 1 aliphatic heterocycles. The van der Waals surface area contributed by atoms with Gasteiger partial charge in [0.15, 0.2) is 0 Å². The lowest BCUT2D eigenvalue weighted by molar-refractivity contribution is -0.125. The van der Waals surface area contributed by atoms with E-state index >= 15 is 0 Å². The fourth-order valence-electron chi connectivity index (χ4n) is 2.24. The van der Waals surface area contributed by atoms with Gasteiger partial charge < -0.3 is 9.64 Å². The van der Waals surface area contributed by atoms with Crippen molar-refractivity contribution in [3.63, 3.8) is 0 Å². The molecule has 0 saturated heterocycles. The zero-order valence-electron chi connectivity index (χ0n) is 12.3. The maximum atomic E-state index is 12.4. The molecule has 2 rings (SSSR count). The van der Waals surface area contributed by atoms with Crippen LogP contribution in [0.3, 0.4) is 0 Å². The molecule has 0 bridgehead atoms. The SMILES string of the molecule is COC(=O)Nc1ccc2c(c1)N(C(=O)C(C)(C)C)CC2. The van der Waals surface area contributed by atoms with Gasteiger partial charge in [0, 0.05) is 23.3 Å². The van der Waals surface area contributed by atoms with Crippen LogP contribution in [0.2, 0.25) is 0 Å². The summed E-state index contributed by atoms with van der Waals surface area (Å²) in [5.41, 5.74) is 2.20. The smallest absolute Gasteiger partial charge is 0.411 e. The molecule has 0 atom stereocenters. The third-order valence-electron chi connectivity index (χ3n) is 3.30. The maximum absolute atomic E-state index is 12.4. The first kappa shape index (κ1) is 14.4. The minimum atomic E-state index is -0.517. The number of amides is 2. The van der Waals surface area contributed by atoms with Gasteiger partial charge in [-0.1, -0.05) is 26.8 Å².